The fourth-order valence-corrected chi connectivity index (χ4v) is 1.63. The van der Waals surface area contributed by atoms with Gasteiger partial charge in [-0.05, 0) is 18.5 Å². The van der Waals surface area contributed by atoms with Crippen LogP contribution in [0.1, 0.15) is 5.56 Å². The van der Waals surface area contributed by atoms with Crippen LogP contribution >= 0.6 is 23.1 Å². The van der Waals surface area contributed by atoms with Gasteiger partial charge >= 0.3 is 0 Å². The van der Waals surface area contributed by atoms with Gasteiger partial charge in [0.1, 0.15) is 4.34 Å². The molecule has 0 radical (unpaired) electrons. The molecular formula is C5H6ClNOS. The standard InChI is InChI=1S/C5H6ClNOS/c1-3-4(6)9-7(2)5(3)8/h1-2H3. The van der Waals surface area contributed by atoms with Crippen molar-refractivity contribution in [3.63, 3.8) is 0 Å². The molecule has 4 heteroatoms. The van der Waals surface area contributed by atoms with E-state index in [4.69, 9.17) is 11.6 Å². The van der Waals surface area contributed by atoms with E-state index in [-0.39, 0.29) is 5.56 Å². The summed E-state index contributed by atoms with van der Waals surface area (Å²) in [6, 6.07) is 0. The lowest BCUT2D eigenvalue weighted by Gasteiger charge is -1.77. The molecule has 0 aliphatic heterocycles. The molecule has 0 unspecified atom stereocenters. The second-order valence-electron chi connectivity index (χ2n) is 1.79. The molecule has 0 spiro atoms. The number of aryl methyl sites for hydroxylation is 1. The molecule has 1 aromatic rings. The summed E-state index contributed by atoms with van der Waals surface area (Å²) >= 11 is 6.90. The van der Waals surface area contributed by atoms with Crippen molar-refractivity contribution in [1.82, 2.24) is 3.96 Å². The Kier molecular flexibility index (Phi) is 1.64. The molecule has 0 fully saturated rings. The predicted molar refractivity (Wildman–Crippen MR) is 39.3 cm³/mol. The van der Waals surface area contributed by atoms with Crippen molar-refractivity contribution in [2.75, 3.05) is 0 Å². The zero-order valence-electron chi connectivity index (χ0n) is 5.14. The summed E-state index contributed by atoms with van der Waals surface area (Å²) in [5.41, 5.74) is 0.647. The first-order valence-electron chi connectivity index (χ1n) is 2.45. The number of aromatic nitrogens is 1. The maximum Gasteiger partial charge on any atom is 0.264 e. The van der Waals surface area contributed by atoms with Crippen molar-refractivity contribution in [1.29, 1.82) is 0 Å². The first-order valence-corrected chi connectivity index (χ1v) is 3.60. The van der Waals surface area contributed by atoms with E-state index < -0.39 is 0 Å². The molecule has 9 heavy (non-hydrogen) atoms. The molecule has 2 nitrogen and oxygen atoms in total. The van der Waals surface area contributed by atoms with Gasteiger partial charge in [0, 0.05) is 12.6 Å². The van der Waals surface area contributed by atoms with Gasteiger partial charge in [0.05, 0.1) is 0 Å². The normalized spacial score (nSPS) is 10.1. The number of rotatable bonds is 0. The van der Waals surface area contributed by atoms with Gasteiger partial charge in [-0.25, -0.2) is 0 Å². The van der Waals surface area contributed by atoms with E-state index in [1.165, 1.54) is 15.5 Å². The smallest absolute Gasteiger partial charge is 0.264 e. The van der Waals surface area contributed by atoms with Crippen molar-refractivity contribution in [2.24, 2.45) is 7.05 Å². The van der Waals surface area contributed by atoms with E-state index in [1.54, 1.807) is 14.0 Å². The Labute approximate surface area is 61.8 Å². The third-order valence-corrected chi connectivity index (χ3v) is 2.52. The van der Waals surface area contributed by atoms with Gasteiger partial charge in [-0.2, -0.15) is 0 Å². The van der Waals surface area contributed by atoms with Gasteiger partial charge in [0.15, 0.2) is 0 Å². The van der Waals surface area contributed by atoms with Crippen molar-refractivity contribution < 1.29 is 0 Å². The largest absolute Gasteiger partial charge is 0.268 e. The fourth-order valence-electron chi connectivity index (χ4n) is 0.550. The van der Waals surface area contributed by atoms with Gasteiger partial charge in [0.25, 0.3) is 5.56 Å². The molecule has 0 aromatic carbocycles. The van der Waals surface area contributed by atoms with Crippen molar-refractivity contribution in [3.8, 4) is 0 Å². The highest BCUT2D eigenvalue weighted by Gasteiger charge is 2.03. The summed E-state index contributed by atoms with van der Waals surface area (Å²) < 4.78 is 2.10. The third kappa shape index (κ3) is 1.02. The van der Waals surface area contributed by atoms with Crippen LogP contribution in [-0.4, -0.2) is 3.96 Å². The van der Waals surface area contributed by atoms with Gasteiger partial charge < -0.3 is 0 Å². The van der Waals surface area contributed by atoms with Crippen LogP contribution in [0.25, 0.3) is 0 Å². The van der Waals surface area contributed by atoms with Crippen molar-refractivity contribution in [2.45, 2.75) is 6.92 Å². The van der Waals surface area contributed by atoms with Gasteiger partial charge in [-0.1, -0.05) is 11.6 Å². The summed E-state index contributed by atoms with van der Waals surface area (Å²) in [5, 5.41) is 0. The monoisotopic (exact) mass is 163 g/mol. The average molecular weight is 164 g/mol. The molecule has 0 saturated carbocycles. The molecule has 50 valence electrons. The van der Waals surface area contributed by atoms with Crippen LogP contribution < -0.4 is 5.56 Å². The lowest BCUT2D eigenvalue weighted by Crippen LogP contribution is -2.09. The van der Waals surface area contributed by atoms with E-state index in [0.29, 0.717) is 9.90 Å². The summed E-state index contributed by atoms with van der Waals surface area (Å²) in [4.78, 5) is 10.9. The predicted octanol–water partition coefficient (Wildman–Crippen LogP) is 1.41. The number of halogens is 1. The highest BCUT2D eigenvalue weighted by Crippen LogP contribution is 2.16. The number of hydrogen-bond donors (Lipinski definition) is 0. The Hall–Kier alpha value is -0.280. The van der Waals surface area contributed by atoms with E-state index in [0.717, 1.165) is 0 Å². The highest BCUT2D eigenvalue weighted by atomic mass is 35.5. The molecule has 0 saturated heterocycles. The molecule has 1 aromatic heterocycles. The van der Waals surface area contributed by atoms with Crippen LogP contribution in [0.2, 0.25) is 4.34 Å². The fraction of sp³-hybridized carbons (Fsp3) is 0.400. The molecule has 0 atom stereocenters. The minimum atomic E-state index is 0.00463. The second-order valence-corrected chi connectivity index (χ2v) is 3.53. The summed E-state index contributed by atoms with van der Waals surface area (Å²) in [6.45, 7) is 1.72. The van der Waals surface area contributed by atoms with E-state index >= 15 is 0 Å². The van der Waals surface area contributed by atoms with Gasteiger partial charge in [-0.15, -0.1) is 0 Å². The summed E-state index contributed by atoms with van der Waals surface area (Å²) in [5.74, 6) is 0. The Balaban J connectivity index is 3.48. The maximum atomic E-state index is 10.9. The first kappa shape index (κ1) is 6.83. The van der Waals surface area contributed by atoms with Crippen molar-refractivity contribution >= 4 is 23.1 Å². The minimum Gasteiger partial charge on any atom is -0.268 e. The lowest BCUT2D eigenvalue weighted by molar-refractivity contribution is 0.969. The molecule has 0 aliphatic rings. The molecule has 1 rings (SSSR count). The SMILES string of the molecule is Cc1c(Cl)sn(C)c1=O. The second kappa shape index (κ2) is 2.15. The Morgan fingerprint density at radius 1 is 1.67 bits per heavy atom. The summed E-state index contributed by atoms with van der Waals surface area (Å²) in [6.07, 6.45) is 0. The maximum absolute atomic E-state index is 10.9. The van der Waals surface area contributed by atoms with Gasteiger partial charge in [-0.3, -0.25) is 8.75 Å². The Bertz CT molecular complexity index is 275. The number of nitrogens with zero attached hydrogens (tertiary/aromatic N) is 1. The van der Waals surface area contributed by atoms with E-state index in [2.05, 4.69) is 0 Å². The van der Waals surface area contributed by atoms with Crippen LogP contribution in [-0.2, 0) is 7.05 Å². The molecule has 0 bridgehead atoms. The Morgan fingerprint density at radius 2 is 2.22 bits per heavy atom. The highest BCUT2D eigenvalue weighted by molar-refractivity contribution is 7.11. The zero-order valence-corrected chi connectivity index (χ0v) is 6.71. The molecule has 0 aliphatic carbocycles. The van der Waals surface area contributed by atoms with Crippen LogP contribution in [0.3, 0.4) is 0 Å². The first-order chi connectivity index (χ1) is 4.13. The lowest BCUT2D eigenvalue weighted by atomic mass is 10.4. The van der Waals surface area contributed by atoms with Crippen LogP contribution in [0, 0.1) is 6.92 Å². The van der Waals surface area contributed by atoms with E-state index in [9.17, 15) is 4.79 Å². The Morgan fingerprint density at radius 3 is 2.33 bits per heavy atom. The molecular weight excluding hydrogens is 158 g/mol. The van der Waals surface area contributed by atoms with E-state index in [1.807, 2.05) is 0 Å². The summed E-state index contributed by atoms with van der Waals surface area (Å²) in [7, 11) is 1.70. The average Bonchev–Trinajstić information content (AvgIpc) is 1.98. The van der Waals surface area contributed by atoms with Crippen LogP contribution in [0.5, 0.6) is 0 Å². The number of hydrogen-bond acceptors (Lipinski definition) is 2. The topological polar surface area (TPSA) is 22.0 Å². The van der Waals surface area contributed by atoms with Gasteiger partial charge in [0.2, 0.25) is 0 Å². The zero-order chi connectivity index (χ0) is 7.02. The van der Waals surface area contributed by atoms with Crippen molar-refractivity contribution in [3.05, 3.63) is 20.3 Å². The minimum absolute atomic E-state index is 0.00463. The molecule has 0 N–H and O–H groups in total. The van der Waals surface area contributed by atoms with Crippen LogP contribution in [0.15, 0.2) is 4.79 Å². The third-order valence-electron chi connectivity index (χ3n) is 1.12. The molecule has 0 amide bonds. The molecule has 1 heterocycles. The van der Waals surface area contributed by atoms with Crippen LogP contribution in [0.4, 0.5) is 0 Å². The quantitative estimate of drug-likeness (QED) is 0.567.